The van der Waals surface area contributed by atoms with Crippen molar-refractivity contribution < 1.29 is 14.3 Å². The van der Waals surface area contributed by atoms with Gasteiger partial charge in [0.25, 0.3) is 0 Å². The number of nitrogens with one attached hydrogen (secondary N) is 2. The third-order valence-electron chi connectivity index (χ3n) is 5.58. The molecule has 190 valence electrons. The molecule has 0 aliphatic carbocycles. The monoisotopic (exact) mass is 507 g/mol. The molecule has 1 amide bonds. The number of benzene rings is 2. The Kier molecular flexibility index (Phi) is 7.50. The SMILES string of the molecule is C=CC(=O)Nc1cc2c(Nc3ccc(OCc4ccccn4)cc3)ncnc2cc1OCCn1ccnc1. The minimum absolute atomic E-state index is 0.351. The van der Waals surface area contributed by atoms with Crippen LogP contribution in [0, 0.1) is 0 Å². The maximum atomic E-state index is 12.1. The van der Waals surface area contributed by atoms with Gasteiger partial charge in [0, 0.05) is 35.7 Å². The van der Waals surface area contributed by atoms with Gasteiger partial charge in [-0.1, -0.05) is 12.6 Å². The molecule has 0 bridgehead atoms. The number of nitrogens with zero attached hydrogens (tertiary/aromatic N) is 5. The van der Waals surface area contributed by atoms with Gasteiger partial charge in [-0.05, 0) is 48.5 Å². The standard InChI is InChI=1S/C28H25N7O3/c1-2-27(36)34-25-15-23-24(16-26(25)37-14-13-35-12-11-29-19-35)31-18-32-28(23)33-20-6-8-22(9-7-20)38-17-21-5-3-4-10-30-21/h2-12,15-16,18-19H,1,13-14,17H2,(H,34,36)(H,31,32,33). The minimum atomic E-state index is -0.351. The van der Waals surface area contributed by atoms with E-state index in [4.69, 9.17) is 9.47 Å². The lowest BCUT2D eigenvalue weighted by molar-refractivity contribution is -0.111. The third-order valence-corrected chi connectivity index (χ3v) is 5.58. The Morgan fingerprint density at radius 2 is 1.92 bits per heavy atom. The molecule has 5 aromatic rings. The molecule has 10 nitrogen and oxygen atoms in total. The Labute approximate surface area is 219 Å². The van der Waals surface area contributed by atoms with Crippen LogP contribution in [0.4, 0.5) is 17.2 Å². The zero-order chi connectivity index (χ0) is 26.2. The second-order valence-electron chi connectivity index (χ2n) is 8.19. The Morgan fingerprint density at radius 1 is 1.03 bits per heavy atom. The van der Waals surface area contributed by atoms with E-state index in [0.717, 1.165) is 17.1 Å². The fourth-order valence-corrected chi connectivity index (χ4v) is 3.68. The maximum Gasteiger partial charge on any atom is 0.247 e. The Bertz CT molecular complexity index is 1520. The molecule has 3 heterocycles. The molecule has 0 spiro atoms. The molecule has 5 rings (SSSR count). The molecule has 0 atom stereocenters. The predicted octanol–water partition coefficient (Wildman–Crippen LogP) is 4.75. The van der Waals surface area contributed by atoms with Crippen LogP contribution >= 0.6 is 0 Å². The molecular formula is C28H25N7O3. The van der Waals surface area contributed by atoms with E-state index >= 15 is 0 Å². The first-order valence-corrected chi connectivity index (χ1v) is 11.9. The first-order chi connectivity index (χ1) is 18.7. The summed E-state index contributed by atoms with van der Waals surface area (Å²) >= 11 is 0. The van der Waals surface area contributed by atoms with Crippen molar-refractivity contribution in [2.24, 2.45) is 0 Å². The number of fused-ring (bicyclic) bond motifs is 1. The van der Waals surface area contributed by atoms with E-state index in [-0.39, 0.29) is 5.91 Å². The van der Waals surface area contributed by atoms with Crippen LogP contribution in [0.2, 0.25) is 0 Å². The number of aromatic nitrogens is 5. The summed E-state index contributed by atoms with van der Waals surface area (Å²) in [5, 5.41) is 6.85. The molecule has 0 fully saturated rings. The molecule has 2 aromatic carbocycles. The van der Waals surface area contributed by atoms with Crippen LogP contribution in [0.1, 0.15) is 5.69 Å². The van der Waals surface area contributed by atoms with E-state index in [1.165, 1.54) is 12.4 Å². The predicted molar refractivity (Wildman–Crippen MR) is 144 cm³/mol. The van der Waals surface area contributed by atoms with Crippen LogP contribution < -0.4 is 20.1 Å². The summed E-state index contributed by atoms with van der Waals surface area (Å²) < 4.78 is 13.7. The van der Waals surface area contributed by atoms with E-state index < -0.39 is 0 Å². The number of hydrogen-bond acceptors (Lipinski definition) is 8. The van der Waals surface area contributed by atoms with Gasteiger partial charge in [0.1, 0.15) is 36.9 Å². The second kappa shape index (κ2) is 11.7. The van der Waals surface area contributed by atoms with Gasteiger partial charge < -0.3 is 24.7 Å². The fourth-order valence-electron chi connectivity index (χ4n) is 3.68. The number of anilines is 3. The summed E-state index contributed by atoms with van der Waals surface area (Å²) in [6.45, 7) is 4.91. The number of carbonyl (C=O) groups excluding carboxylic acids is 1. The van der Waals surface area contributed by atoms with Gasteiger partial charge in [0.15, 0.2) is 0 Å². The van der Waals surface area contributed by atoms with Crippen molar-refractivity contribution in [3.05, 3.63) is 104 Å². The smallest absolute Gasteiger partial charge is 0.247 e. The summed E-state index contributed by atoms with van der Waals surface area (Å²) in [4.78, 5) is 29.2. The first kappa shape index (κ1) is 24.4. The van der Waals surface area contributed by atoms with Crippen LogP contribution in [0.25, 0.3) is 10.9 Å². The number of hydrogen-bond donors (Lipinski definition) is 2. The van der Waals surface area contributed by atoms with Gasteiger partial charge in [-0.15, -0.1) is 0 Å². The molecule has 0 aliphatic rings. The van der Waals surface area contributed by atoms with Gasteiger partial charge in [-0.2, -0.15) is 0 Å². The average molecular weight is 508 g/mol. The van der Waals surface area contributed by atoms with E-state index in [1.54, 1.807) is 30.9 Å². The molecule has 38 heavy (non-hydrogen) atoms. The second-order valence-corrected chi connectivity index (χ2v) is 8.19. The summed E-state index contributed by atoms with van der Waals surface area (Å²) in [6.07, 6.45) is 9.70. The van der Waals surface area contributed by atoms with Crippen molar-refractivity contribution in [1.29, 1.82) is 0 Å². The molecule has 0 radical (unpaired) electrons. The summed E-state index contributed by atoms with van der Waals surface area (Å²) in [5.74, 6) is 1.44. The van der Waals surface area contributed by atoms with Crippen LogP contribution in [-0.2, 0) is 17.9 Å². The van der Waals surface area contributed by atoms with Crippen molar-refractivity contribution in [3.63, 3.8) is 0 Å². The zero-order valence-electron chi connectivity index (χ0n) is 20.4. The van der Waals surface area contributed by atoms with E-state index in [1.807, 2.05) is 53.2 Å². The lowest BCUT2D eigenvalue weighted by Gasteiger charge is -2.15. The highest BCUT2D eigenvalue weighted by Gasteiger charge is 2.13. The minimum Gasteiger partial charge on any atom is -0.489 e. The molecule has 0 saturated heterocycles. The Balaban J connectivity index is 1.34. The Hall–Kier alpha value is -5.25. The average Bonchev–Trinajstić information content (AvgIpc) is 3.47. The number of amides is 1. The molecule has 2 N–H and O–H groups in total. The topological polar surface area (TPSA) is 116 Å². The van der Waals surface area contributed by atoms with E-state index in [2.05, 4.69) is 37.1 Å². The Morgan fingerprint density at radius 3 is 2.68 bits per heavy atom. The summed E-state index contributed by atoms with van der Waals surface area (Å²) in [5.41, 5.74) is 2.82. The van der Waals surface area contributed by atoms with Crippen molar-refractivity contribution in [2.75, 3.05) is 17.2 Å². The van der Waals surface area contributed by atoms with Gasteiger partial charge in [-0.3, -0.25) is 9.78 Å². The van der Waals surface area contributed by atoms with Crippen LogP contribution in [0.15, 0.2) is 98.5 Å². The van der Waals surface area contributed by atoms with Gasteiger partial charge in [0.2, 0.25) is 5.91 Å². The van der Waals surface area contributed by atoms with Crippen molar-refractivity contribution in [3.8, 4) is 11.5 Å². The highest BCUT2D eigenvalue weighted by Crippen LogP contribution is 2.33. The van der Waals surface area contributed by atoms with E-state index in [0.29, 0.717) is 47.9 Å². The van der Waals surface area contributed by atoms with Gasteiger partial charge >= 0.3 is 0 Å². The number of ether oxygens (including phenoxy) is 2. The lowest BCUT2D eigenvalue weighted by atomic mass is 10.1. The van der Waals surface area contributed by atoms with Gasteiger partial charge in [0.05, 0.1) is 29.8 Å². The van der Waals surface area contributed by atoms with Crippen molar-refractivity contribution in [2.45, 2.75) is 13.2 Å². The lowest BCUT2D eigenvalue weighted by Crippen LogP contribution is -2.12. The first-order valence-electron chi connectivity index (χ1n) is 11.9. The van der Waals surface area contributed by atoms with Crippen LogP contribution in [0.3, 0.4) is 0 Å². The highest BCUT2D eigenvalue weighted by molar-refractivity contribution is 6.03. The number of imidazole rings is 1. The van der Waals surface area contributed by atoms with Crippen molar-refractivity contribution in [1.82, 2.24) is 24.5 Å². The largest absolute Gasteiger partial charge is 0.489 e. The highest BCUT2D eigenvalue weighted by atomic mass is 16.5. The molecular weight excluding hydrogens is 482 g/mol. The fraction of sp³-hybridized carbons (Fsp3) is 0.107. The normalized spacial score (nSPS) is 10.6. The quantitative estimate of drug-likeness (QED) is 0.246. The van der Waals surface area contributed by atoms with E-state index in [9.17, 15) is 4.79 Å². The number of carbonyl (C=O) groups is 1. The maximum absolute atomic E-state index is 12.1. The molecule has 10 heteroatoms. The van der Waals surface area contributed by atoms with Crippen LogP contribution in [-0.4, -0.2) is 37.0 Å². The van der Waals surface area contributed by atoms with Crippen LogP contribution in [0.5, 0.6) is 11.5 Å². The summed E-state index contributed by atoms with van der Waals surface area (Å²) in [6, 6.07) is 16.8. The number of rotatable bonds is 11. The molecule has 3 aromatic heterocycles. The van der Waals surface area contributed by atoms with Gasteiger partial charge in [-0.25, -0.2) is 15.0 Å². The molecule has 0 aliphatic heterocycles. The van der Waals surface area contributed by atoms with Crippen molar-refractivity contribution >= 4 is 34.0 Å². The zero-order valence-corrected chi connectivity index (χ0v) is 20.4. The summed E-state index contributed by atoms with van der Waals surface area (Å²) in [7, 11) is 0. The molecule has 0 unspecified atom stereocenters. The number of pyridine rings is 1. The third kappa shape index (κ3) is 6.11. The molecule has 0 saturated carbocycles.